The smallest absolute Gasteiger partial charge is 0.118 e. The Morgan fingerprint density at radius 1 is 1.31 bits per heavy atom. The first-order valence-electron chi connectivity index (χ1n) is 4.56. The summed E-state index contributed by atoms with van der Waals surface area (Å²) >= 11 is 3.65. The number of rotatable bonds is 4. The number of ether oxygens (including phenoxy) is 1. The molecule has 0 heterocycles. The number of alkyl halides is 1. The van der Waals surface area contributed by atoms with Gasteiger partial charge >= 0.3 is 0 Å². The second kappa shape index (κ2) is 5.28. The Balaban J connectivity index is 2.67. The summed E-state index contributed by atoms with van der Waals surface area (Å²) in [7, 11) is 1.69. The molecule has 13 heavy (non-hydrogen) atoms. The van der Waals surface area contributed by atoms with E-state index in [1.54, 1.807) is 7.11 Å². The third kappa shape index (κ3) is 3.03. The second-order valence-electron chi connectivity index (χ2n) is 3.03. The number of hydrogen-bond donors (Lipinski definition) is 0. The zero-order chi connectivity index (χ0) is 9.68. The number of hydrogen-bond acceptors (Lipinski definition) is 1. The van der Waals surface area contributed by atoms with E-state index in [-0.39, 0.29) is 0 Å². The normalized spacial score (nSPS) is 12.5. The molecule has 0 fully saturated rings. The fraction of sp³-hybridized carbons (Fsp3) is 0.455. The fourth-order valence-corrected chi connectivity index (χ4v) is 2.00. The van der Waals surface area contributed by atoms with Gasteiger partial charge in [-0.05, 0) is 24.1 Å². The molecule has 1 aromatic carbocycles. The first-order valence-corrected chi connectivity index (χ1v) is 5.47. The highest BCUT2D eigenvalue weighted by atomic mass is 79.9. The van der Waals surface area contributed by atoms with Crippen molar-refractivity contribution < 1.29 is 4.74 Å². The van der Waals surface area contributed by atoms with Gasteiger partial charge in [0.2, 0.25) is 0 Å². The highest BCUT2D eigenvalue weighted by Crippen LogP contribution is 2.28. The highest BCUT2D eigenvalue weighted by molar-refractivity contribution is 9.09. The van der Waals surface area contributed by atoms with Crippen LogP contribution in [0.2, 0.25) is 0 Å². The van der Waals surface area contributed by atoms with Crippen molar-refractivity contribution in [3.8, 4) is 5.75 Å². The molecule has 0 aliphatic carbocycles. The molecule has 1 atom stereocenters. The molecule has 1 nitrogen and oxygen atoms in total. The predicted molar refractivity (Wildman–Crippen MR) is 59.6 cm³/mol. The van der Waals surface area contributed by atoms with Crippen LogP contribution in [0, 0.1) is 0 Å². The van der Waals surface area contributed by atoms with Crippen molar-refractivity contribution in [3.63, 3.8) is 0 Å². The number of benzene rings is 1. The SMILES string of the molecule is CCCC(Br)c1ccc(OC)cc1. The summed E-state index contributed by atoms with van der Waals surface area (Å²) in [5, 5.41) is 0. The van der Waals surface area contributed by atoms with Gasteiger partial charge < -0.3 is 4.74 Å². The Morgan fingerprint density at radius 2 is 1.92 bits per heavy atom. The van der Waals surface area contributed by atoms with Gasteiger partial charge in [0.15, 0.2) is 0 Å². The molecule has 0 saturated heterocycles. The maximum Gasteiger partial charge on any atom is 0.118 e. The summed E-state index contributed by atoms with van der Waals surface area (Å²) in [4.78, 5) is 0.475. The van der Waals surface area contributed by atoms with Crippen LogP contribution in [0.1, 0.15) is 30.2 Å². The summed E-state index contributed by atoms with van der Waals surface area (Å²) in [5.74, 6) is 0.917. The standard InChI is InChI=1S/C11H15BrO/c1-3-4-11(12)9-5-7-10(13-2)8-6-9/h5-8,11H,3-4H2,1-2H3. The summed E-state index contributed by atoms with van der Waals surface area (Å²) in [6.45, 7) is 2.19. The van der Waals surface area contributed by atoms with Crippen molar-refractivity contribution in [1.82, 2.24) is 0 Å². The molecule has 2 heteroatoms. The van der Waals surface area contributed by atoms with E-state index < -0.39 is 0 Å². The Kier molecular flexibility index (Phi) is 4.29. The minimum absolute atomic E-state index is 0.475. The lowest BCUT2D eigenvalue weighted by Gasteiger charge is -2.08. The van der Waals surface area contributed by atoms with E-state index in [0.717, 1.165) is 5.75 Å². The maximum atomic E-state index is 5.09. The van der Waals surface area contributed by atoms with Crippen LogP contribution < -0.4 is 4.74 Å². The van der Waals surface area contributed by atoms with E-state index in [2.05, 4.69) is 35.0 Å². The summed E-state index contributed by atoms with van der Waals surface area (Å²) in [6, 6.07) is 8.21. The van der Waals surface area contributed by atoms with Gasteiger partial charge in [0.25, 0.3) is 0 Å². The van der Waals surface area contributed by atoms with Crippen LogP contribution in [0.25, 0.3) is 0 Å². The molecule has 0 saturated carbocycles. The molecule has 0 aromatic heterocycles. The van der Waals surface area contributed by atoms with Gasteiger partial charge in [-0.3, -0.25) is 0 Å². The van der Waals surface area contributed by atoms with Crippen LogP contribution in [-0.2, 0) is 0 Å². The molecule has 0 bridgehead atoms. The van der Waals surface area contributed by atoms with Crippen LogP contribution >= 0.6 is 15.9 Å². The molecule has 0 aliphatic rings. The Morgan fingerprint density at radius 3 is 2.38 bits per heavy atom. The molecule has 0 spiro atoms. The highest BCUT2D eigenvalue weighted by Gasteiger charge is 2.05. The monoisotopic (exact) mass is 242 g/mol. The van der Waals surface area contributed by atoms with Gasteiger partial charge in [-0.1, -0.05) is 41.4 Å². The predicted octanol–water partition coefficient (Wildman–Crippen LogP) is 3.93. The average molecular weight is 243 g/mol. The van der Waals surface area contributed by atoms with Crippen LogP contribution in [0.4, 0.5) is 0 Å². The number of methoxy groups -OCH3 is 1. The van der Waals surface area contributed by atoms with Gasteiger partial charge in [-0.25, -0.2) is 0 Å². The zero-order valence-electron chi connectivity index (χ0n) is 8.09. The third-order valence-electron chi connectivity index (χ3n) is 2.02. The average Bonchev–Trinajstić information content (AvgIpc) is 2.18. The largest absolute Gasteiger partial charge is 0.497 e. The summed E-state index contributed by atoms with van der Waals surface area (Å²) in [6.07, 6.45) is 2.37. The minimum atomic E-state index is 0.475. The van der Waals surface area contributed by atoms with Gasteiger partial charge in [0, 0.05) is 4.83 Å². The van der Waals surface area contributed by atoms with Crippen molar-refractivity contribution in [2.24, 2.45) is 0 Å². The van der Waals surface area contributed by atoms with Crippen molar-refractivity contribution in [3.05, 3.63) is 29.8 Å². The Labute approximate surface area is 88.2 Å². The fourth-order valence-electron chi connectivity index (χ4n) is 1.23. The third-order valence-corrected chi connectivity index (χ3v) is 3.01. The van der Waals surface area contributed by atoms with Crippen LogP contribution in [0.5, 0.6) is 5.75 Å². The molecule has 0 amide bonds. The first-order chi connectivity index (χ1) is 6.27. The van der Waals surface area contributed by atoms with Gasteiger partial charge in [-0.2, -0.15) is 0 Å². The van der Waals surface area contributed by atoms with Crippen molar-refractivity contribution in [1.29, 1.82) is 0 Å². The van der Waals surface area contributed by atoms with E-state index in [1.165, 1.54) is 18.4 Å². The molecule has 1 rings (SSSR count). The zero-order valence-corrected chi connectivity index (χ0v) is 9.67. The molecule has 0 aliphatic heterocycles. The van der Waals surface area contributed by atoms with Crippen molar-refractivity contribution in [2.45, 2.75) is 24.6 Å². The lowest BCUT2D eigenvalue weighted by atomic mass is 10.1. The van der Waals surface area contributed by atoms with E-state index in [1.807, 2.05) is 12.1 Å². The Hall–Kier alpha value is -0.500. The van der Waals surface area contributed by atoms with Crippen LogP contribution in [0.3, 0.4) is 0 Å². The van der Waals surface area contributed by atoms with Crippen LogP contribution in [0.15, 0.2) is 24.3 Å². The Bertz CT molecular complexity index is 243. The summed E-state index contributed by atoms with van der Waals surface area (Å²) in [5.41, 5.74) is 1.32. The topological polar surface area (TPSA) is 9.23 Å². The summed E-state index contributed by atoms with van der Waals surface area (Å²) < 4.78 is 5.09. The van der Waals surface area contributed by atoms with Crippen molar-refractivity contribution >= 4 is 15.9 Å². The van der Waals surface area contributed by atoms with Crippen molar-refractivity contribution in [2.75, 3.05) is 7.11 Å². The molecule has 1 aromatic rings. The van der Waals surface area contributed by atoms with E-state index in [9.17, 15) is 0 Å². The molecule has 0 N–H and O–H groups in total. The van der Waals surface area contributed by atoms with E-state index in [0.29, 0.717) is 4.83 Å². The van der Waals surface area contributed by atoms with Gasteiger partial charge in [0.1, 0.15) is 5.75 Å². The van der Waals surface area contributed by atoms with Gasteiger partial charge in [-0.15, -0.1) is 0 Å². The first kappa shape index (κ1) is 10.6. The molecular weight excluding hydrogens is 228 g/mol. The van der Waals surface area contributed by atoms with E-state index >= 15 is 0 Å². The second-order valence-corrected chi connectivity index (χ2v) is 4.13. The maximum absolute atomic E-state index is 5.09. The van der Waals surface area contributed by atoms with Gasteiger partial charge in [0.05, 0.1) is 7.11 Å². The lowest BCUT2D eigenvalue weighted by Crippen LogP contribution is -1.89. The molecule has 1 unspecified atom stereocenters. The lowest BCUT2D eigenvalue weighted by molar-refractivity contribution is 0.414. The minimum Gasteiger partial charge on any atom is -0.497 e. The van der Waals surface area contributed by atoms with Crippen LogP contribution in [-0.4, -0.2) is 7.11 Å². The van der Waals surface area contributed by atoms with E-state index in [4.69, 9.17) is 4.74 Å². The quantitative estimate of drug-likeness (QED) is 0.728. The molecular formula is C11H15BrO. The molecule has 0 radical (unpaired) electrons. The number of halogens is 1. The molecule has 72 valence electrons.